The second-order valence-electron chi connectivity index (χ2n) is 1.06. The number of nitrogens with zero attached hydrogens (tertiary/aromatic N) is 1. The summed E-state index contributed by atoms with van der Waals surface area (Å²) in [7, 11) is 0. The van der Waals surface area contributed by atoms with E-state index >= 15 is 0 Å². The van der Waals surface area contributed by atoms with Crippen molar-refractivity contribution in [2.75, 3.05) is 0 Å². The Hall–Kier alpha value is -1.08. The quantitative estimate of drug-likeness (QED) is 0.286. The van der Waals surface area contributed by atoms with E-state index in [0.29, 0.717) is 0 Å². The first-order valence-corrected chi connectivity index (χ1v) is 2.25. The normalized spacial score (nSPS) is 10.1. The maximum Gasteiger partial charge on any atom is 0.116 e. The monoisotopic (exact) mass is 127 g/mol. The van der Waals surface area contributed by atoms with Crippen LogP contribution in [0.15, 0.2) is 11.8 Å². The number of hydrogen-bond acceptors (Lipinski definition) is 3. The van der Waals surface area contributed by atoms with Crippen molar-refractivity contribution >= 4 is 17.2 Å². The minimum atomic E-state index is 0.0370. The van der Waals surface area contributed by atoms with Gasteiger partial charge in [-0.15, -0.1) is 0 Å². The Balaban J connectivity index is 4.20. The Kier molecular flexibility index (Phi) is 2.59. The molecule has 0 amide bonds. The number of rotatable bonds is 1. The summed E-state index contributed by atoms with van der Waals surface area (Å²) < 4.78 is 0. The molecule has 0 unspecified atom stereocenters. The predicted molar refractivity (Wildman–Crippen MR) is 34.7 cm³/mol. The van der Waals surface area contributed by atoms with Crippen LogP contribution in [-0.2, 0) is 0 Å². The summed E-state index contributed by atoms with van der Waals surface area (Å²) in [4.78, 5) is 0.0370. The molecule has 0 atom stereocenters. The summed E-state index contributed by atoms with van der Waals surface area (Å²) in [5.74, 6) is 0. The van der Waals surface area contributed by atoms with E-state index in [0.717, 1.165) is 6.20 Å². The van der Waals surface area contributed by atoms with Crippen LogP contribution in [0.1, 0.15) is 0 Å². The van der Waals surface area contributed by atoms with Gasteiger partial charge in [0, 0.05) is 6.20 Å². The third-order valence-corrected chi connectivity index (χ3v) is 0.772. The third-order valence-electron chi connectivity index (χ3n) is 0.553. The molecule has 0 aliphatic heterocycles. The van der Waals surface area contributed by atoms with Gasteiger partial charge in [0.1, 0.15) is 16.6 Å². The minimum absolute atomic E-state index is 0.0370. The zero-order chi connectivity index (χ0) is 6.57. The summed E-state index contributed by atoms with van der Waals surface area (Å²) in [6, 6.07) is 1.72. The van der Waals surface area contributed by atoms with Gasteiger partial charge >= 0.3 is 0 Å². The van der Waals surface area contributed by atoms with Crippen LogP contribution in [0.2, 0.25) is 0 Å². The second kappa shape index (κ2) is 2.99. The summed E-state index contributed by atoms with van der Waals surface area (Å²) in [5.41, 5.74) is 10.1. The van der Waals surface area contributed by atoms with Crippen molar-refractivity contribution in [3.8, 4) is 6.07 Å². The van der Waals surface area contributed by atoms with E-state index in [1.54, 1.807) is 6.07 Å². The molecule has 0 heterocycles. The van der Waals surface area contributed by atoms with Gasteiger partial charge in [-0.1, -0.05) is 12.2 Å². The zero-order valence-electron chi connectivity index (χ0n) is 4.09. The summed E-state index contributed by atoms with van der Waals surface area (Å²) in [6.07, 6.45) is 1.09. The number of nitrogens with two attached hydrogens (primary N) is 2. The second-order valence-corrected chi connectivity index (χ2v) is 1.50. The van der Waals surface area contributed by atoms with Crippen molar-refractivity contribution in [3.05, 3.63) is 11.8 Å². The molecule has 0 bridgehead atoms. The SMILES string of the molecule is N#C/C(=C\N)C(N)=S. The van der Waals surface area contributed by atoms with Gasteiger partial charge in [-0.2, -0.15) is 5.26 Å². The largest absolute Gasteiger partial charge is 0.403 e. The lowest BCUT2D eigenvalue weighted by Gasteiger charge is -1.86. The van der Waals surface area contributed by atoms with Crippen LogP contribution in [0.4, 0.5) is 0 Å². The summed E-state index contributed by atoms with van der Waals surface area (Å²) in [5, 5.41) is 8.13. The molecule has 0 aliphatic carbocycles. The van der Waals surface area contributed by atoms with E-state index in [1.165, 1.54) is 0 Å². The Morgan fingerprint density at radius 3 is 2.25 bits per heavy atom. The van der Waals surface area contributed by atoms with Gasteiger partial charge in [0.05, 0.1) is 0 Å². The maximum atomic E-state index is 8.13. The van der Waals surface area contributed by atoms with Crippen LogP contribution in [0, 0.1) is 11.3 Å². The number of thiocarbonyl (C=S) groups is 1. The highest BCUT2D eigenvalue weighted by atomic mass is 32.1. The molecule has 3 nitrogen and oxygen atoms in total. The van der Waals surface area contributed by atoms with Crippen LogP contribution in [0.25, 0.3) is 0 Å². The van der Waals surface area contributed by atoms with E-state index in [1.807, 2.05) is 0 Å². The van der Waals surface area contributed by atoms with Crippen molar-refractivity contribution in [2.45, 2.75) is 0 Å². The molecule has 4 heteroatoms. The van der Waals surface area contributed by atoms with Crippen molar-refractivity contribution in [1.29, 1.82) is 5.26 Å². The van der Waals surface area contributed by atoms with Crippen molar-refractivity contribution in [3.63, 3.8) is 0 Å². The number of nitriles is 1. The smallest absolute Gasteiger partial charge is 0.116 e. The first-order valence-electron chi connectivity index (χ1n) is 1.84. The van der Waals surface area contributed by atoms with Crippen LogP contribution >= 0.6 is 12.2 Å². The molecule has 0 aromatic carbocycles. The summed E-state index contributed by atoms with van der Waals surface area (Å²) >= 11 is 4.42. The van der Waals surface area contributed by atoms with Gasteiger partial charge in [0.2, 0.25) is 0 Å². The molecule has 0 saturated heterocycles. The molecule has 0 aromatic heterocycles. The van der Waals surface area contributed by atoms with Gasteiger partial charge in [0.15, 0.2) is 0 Å². The first-order chi connectivity index (χ1) is 3.72. The van der Waals surface area contributed by atoms with Crippen molar-refractivity contribution < 1.29 is 0 Å². The average molecular weight is 127 g/mol. The Bertz CT molecular complexity index is 165. The molecule has 0 aliphatic rings. The number of hydrogen-bond donors (Lipinski definition) is 2. The molecule has 42 valence electrons. The Morgan fingerprint density at radius 2 is 2.25 bits per heavy atom. The molecule has 8 heavy (non-hydrogen) atoms. The lowest BCUT2D eigenvalue weighted by molar-refractivity contribution is 1.48. The standard InChI is InChI=1S/C4H5N3S/c5-1-3(2-6)4(7)8/h1H,5H2,(H2,7,8)/b3-1+. The lowest BCUT2D eigenvalue weighted by atomic mass is 10.3. The Labute approximate surface area is 52.6 Å². The van der Waals surface area contributed by atoms with Crippen LogP contribution in [0.5, 0.6) is 0 Å². The van der Waals surface area contributed by atoms with E-state index in [2.05, 4.69) is 12.2 Å². The van der Waals surface area contributed by atoms with E-state index < -0.39 is 0 Å². The third kappa shape index (κ3) is 1.58. The minimum Gasteiger partial charge on any atom is -0.403 e. The van der Waals surface area contributed by atoms with E-state index in [4.69, 9.17) is 16.7 Å². The van der Waals surface area contributed by atoms with Gasteiger partial charge < -0.3 is 11.5 Å². The average Bonchev–Trinajstić information content (AvgIpc) is 1.69. The van der Waals surface area contributed by atoms with Crippen LogP contribution in [-0.4, -0.2) is 4.99 Å². The molecular formula is C4H5N3S. The maximum absolute atomic E-state index is 8.13. The fraction of sp³-hybridized carbons (Fsp3) is 0. The molecule has 0 spiro atoms. The van der Waals surface area contributed by atoms with Gasteiger partial charge in [-0.3, -0.25) is 0 Å². The molecule has 0 rings (SSSR count). The van der Waals surface area contributed by atoms with Crippen molar-refractivity contribution in [1.82, 2.24) is 0 Å². The Morgan fingerprint density at radius 1 is 1.75 bits per heavy atom. The molecule has 0 aromatic rings. The molecular weight excluding hydrogens is 122 g/mol. The molecule has 0 saturated carbocycles. The fourth-order valence-corrected chi connectivity index (χ4v) is 0.288. The molecule has 4 N–H and O–H groups in total. The highest BCUT2D eigenvalue weighted by Crippen LogP contribution is 1.86. The lowest BCUT2D eigenvalue weighted by Crippen LogP contribution is -2.11. The van der Waals surface area contributed by atoms with Crippen LogP contribution in [0.3, 0.4) is 0 Å². The van der Waals surface area contributed by atoms with Crippen LogP contribution < -0.4 is 11.5 Å². The van der Waals surface area contributed by atoms with Gasteiger partial charge in [-0.05, 0) is 0 Å². The topological polar surface area (TPSA) is 75.8 Å². The first kappa shape index (κ1) is 6.92. The van der Waals surface area contributed by atoms with E-state index in [9.17, 15) is 0 Å². The van der Waals surface area contributed by atoms with Gasteiger partial charge in [-0.25, -0.2) is 0 Å². The van der Waals surface area contributed by atoms with E-state index in [-0.39, 0.29) is 10.6 Å². The van der Waals surface area contributed by atoms with Crippen molar-refractivity contribution in [2.24, 2.45) is 11.5 Å². The van der Waals surface area contributed by atoms with Gasteiger partial charge in [0.25, 0.3) is 0 Å². The summed E-state index contributed by atoms with van der Waals surface area (Å²) in [6.45, 7) is 0. The fourth-order valence-electron chi connectivity index (χ4n) is 0.174. The highest BCUT2D eigenvalue weighted by Gasteiger charge is 1.93. The zero-order valence-corrected chi connectivity index (χ0v) is 4.90. The predicted octanol–water partition coefficient (Wildman–Crippen LogP) is -0.361. The molecule has 0 fully saturated rings. The highest BCUT2D eigenvalue weighted by molar-refractivity contribution is 7.80. The molecule has 0 radical (unpaired) electrons.